The van der Waals surface area contributed by atoms with Gasteiger partial charge >= 0.3 is 0 Å². The second kappa shape index (κ2) is 16.9. The fraction of sp³-hybridized carbons (Fsp3) is 0.263. The van der Waals surface area contributed by atoms with Crippen LogP contribution in [0.25, 0.3) is 72.7 Å². The molecule has 1 N–H and O–H groups in total. The van der Waals surface area contributed by atoms with Gasteiger partial charge in [-0.2, -0.15) is 0 Å². The molecule has 0 saturated carbocycles. The largest absolute Gasteiger partial charge is 0.507 e. The molecule has 0 amide bonds. The first-order valence-corrected chi connectivity index (χ1v) is 20.9. The molecule has 4 nitrogen and oxygen atoms in total. The Bertz CT molecular complexity index is 3220. The maximum Gasteiger partial charge on any atom is 0.148 e. The van der Waals surface area contributed by atoms with E-state index in [9.17, 15) is 5.11 Å². The van der Waals surface area contributed by atoms with Gasteiger partial charge in [-0.25, -0.2) is 4.98 Å². The normalized spacial score (nSPS) is 14.9. The maximum absolute atomic E-state index is 11.8. The topological polar surface area (TPSA) is 50.9 Å². The van der Waals surface area contributed by atoms with Crippen molar-refractivity contribution < 1.29 is 38.5 Å². The smallest absolute Gasteiger partial charge is 0.148 e. The van der Waals surface area contributed by atoms with Crippen LogP contribution < -0.4 is 0 Å². The Kier molecular flexibility index (Phi) is 9.29. The standard InChI is InChI=1S/C57H58N3O.Pt/c1-12-57(10,11)44-25-26-50(47(35-44)39-17-14-13-15-18-39)60-51-20-16-19-46(52(51)59-54(60)48-30-36(2)29-37(3)53(48)61)41-31-42(33-45(32-41)56(7,8)9)49-34-40(27-28-58-49)38-21-23-43(24-22-38)55(4,5)6;/h13-30,32-35,61H,12H2,1-11H3;/q-1;/i4D3,5D3,6D3;. The molecule has 0 saturated heterocycles. The molecule has 6 aromatic carbocycles. The van der Waals surface area contributed by atoms with Crippen LogP contribution in [0, 0.1) is 19.9 Å². The van der Waals surface area contributed by atoms with Crippen molar-refractivity contribution in [3.05, 3.63) is 167 Å². The van der Waals surface area contributed by atoms with Crippen LogP contribution in [0.2, 0.25) is 0 Å². The Morgan fingerprint density at radius 1 is 0.645 bits per heavy atom. The van der Waals surface area contributed by atoms with Crippen LogP contribution in [0.4, 0.5) is 0 Å². The molecule has 62 heavy (non-hydrogen) atoms. The quantitative estimate of drug-likeness (QED) is 0.154. The van der Waals surface area contributed by atoms with E-state index in [1.807, 2.05) is 62.4 Å². The van der Waals surface area contributed by atoms with Gasteiger partial charge in [0.15, 0.2) is 0 Å². The summed E-state index contributed by atoms with van der Waals surface area (Å²) in [4.78, 5) is 10.3. The molecular weight excluding hydrogens is 938 g/mol. The van der Waals surface area contributed by atoms with Gasteiger partial charge in [-0.15, -0.1) is 29.3 Å². The molecule has 2 heterocycles. The first-order valence-electron chi connectivity index (χ1n) is 25.4. The Morgan fingerprint density at radius 2 is 1.35 bits per heavy atom. The van der Waals surface area contributed by atoms with E-state index in [1.54, 1.807) is 24.4 Å². The van der Waals surface area contributed by atoms with E-state index < -0.39 is 26.0 Å². The minimum absolute atomic E-state index is 0. The SMILES string of the molecule is [2H]C([2H])([2H])C(c1ccc(-c2ccnc(-c3[c-]c(-c4cccc5c4nc(-c4cc(C)cc(C)c4O)n5-c4ccc(C(C)(C)CC)cc4-c4ccccc4)cc(C(C)(C)C)c3)c2)cc1)(C([2H])([2H])[2H])C([2H])([2H])[2H].[Pt]. The van der Waals surface area contributed by atoms with Crippen LogP contribution in [0.5, 0.6) is 5.75 Å². The molecule has 0 aliphatic heterocycles. The van der Waals surface area contributed by atoms with Crippen LogP contribution >= 0.6 is 0 Å². The molecule has 8 rings (SSSR count). The summed E-state index contributed by atoms with van der Waals surface area (Å²) >= 11 is 0. The van der Waals surface area contributed by atoms with E-state index >= 15 is 0 Å². The van der Waals surface area contributed by atoms with Crippen LogP contribution in [-0.2, 0) is 37.3 Å². The van der Waals surface area contributed by atoms with Gasteiger partial charge in [0.25, 0.3) is 0 Å². The molecule has 0 unspecified atom stereocenters. The molecule has 0 spiro atoms. The third-order valence-corrected chi connectivity index (χ3v) is 12.1. The van der Waals surface area contributed by atoms with Crippen molar-refractivity contribution in [1.29, 1.82) is 0 Å². The molecule has 8 aromatic rings. The van der Waals surface area contributed by atoms with Gasteiger partial charge in [0, 0.05) is 50.9 Å². The number of rotatable bonds is 8. The summed E-state index contributed by atoms with van der Waals surface area (Å²) in [6.07, 6.45) is 2.62. The molecule has 2 aromatic heterocycles. The van der Waals surface area contributed by atoms with E-state index in [0.29, 0.717) is 39.3 Å². The number of pyridine rings is 1. The summed E-state index contributed by atoms with van der Waals surface area (Å²) in [5.74, 6) is 0.747. The molecule has 0 aliphatic rings. The minimum Gasteiger partial charge on any atom is -0.507 e. The van der Waals surface area contributed by atoms with Crippen LogP contribution in [-0.4, -0.2) is 19.6 Å². The fourth-order valence-corrected chi connectivity index (χ4v) is 8.03. The summed E-state index contributed by atoms with van der Waals surface area (Å²) in [6.45, 7) is 6.97. The Balaban J connectivity index is 0.00000741. The summed E-state index contributed by atoms with van der Waals surface area (Å²) < 4.78 is 75.8. The van der Waals surface area contributed by atoms with Gasteiger partial charge in [0.2, 0.25) is 0 Å². The Hall–Kier alpha value is -5.57. The van der Waals surface area contributed by atoms with Gasteiger partial charge in [0.05, 0.1) is 22.3 Å². The third kappa shape index (κ3) is 8.60. The number of para-hydroxylation sites is 1. The van der Waals surface area contributed by atoms with Gasteiger partial charge in [0.1, 0.15) is 11.6 Å². The predicted octanol–water partition coefficient (Wildman–Crippen LogP) is 15.2. The maximum atomic E-state index is 11.8. The van der Waals surface area contributed by atoms with Crippen LogP contribution in [0.15, 0.2) is 134 Å². The molecule has 0 aliphatic carbocycles. The second-order valence-corrected chi connectivity index (χ2v) is 18.0. The number of nitrogens with zero attached hydrogens (tertiary/aromatic N) is 3. The van der Waals surface area contributed by atoms with Gasteiger partial charge < -0.3 is 5.11 Å². The average molecular weight is 1010 g/mol. The number of phenols is 1. The molecule has 0 bridgehead atoms. The van der Waals surface area contributed by atoms with Gasteiger partial charge in [-0.3, -0.25) is 9.55 Å². The van der Waals surface area contributed by atoms with Crippen molar-refractivity contribution >= 4 is 11.0 Å². The van der Waals surface area contributed by atoms with Crippen LogP contribution in [0.3, 0.4) is 0 Å². The van der Waals surface area contributed by atoms with Crippen molar-refractivity contribution in [2.45, 2.75) is 98.6 Å². The summed E-state index contributed by atoms with van der Waals surface area (Å²) in [5.41, 5.74) is 9.52. The molecule has 318 valence electrons. The first-order chi connectivity index (χ1) is 32.7. The number of hydrogen-bond acceptors (Lipinski definition) is 3. The molecule has 0 fully saturated rings. The van der Waals surface area contributed by atoms with Crippen molar-refractivity contribution in [3.8, 4) is 67.5 Å². The van der Waals surface area contributed by atoms with Crippen molar-refractivity contribution in [2.24, 2.45) is 0 Å². The summed E-state index contributed by atoms with van der Waals surface area (Å²) in [7, 11) is 0. The number of aryl methyl sites for hydroxylation is 2. The monoisotopic (exact) mass is 1000 g/mol. The summed E-state index contributed by atoms with van der Waals surface area (Å²) in [5, 5.41) is 11.8. The second-order valence-electron chi connectivity index (χ2n) is 18.0. The van der Waals surface area contributed by atoms with Gasteiger partial charge in [-0.05, 0) is 106 Å². The van der Waals surface area contributed by atoms with E-state index in [-0.39, 0.29) is 43.2 Å². The van der Waals surface area contributed by atoms with E-state index in [4.69, 9.17) is 22.3 Å². The molecule has 0 atom stereocenters. The molecular formula is C57H58N3OPt-. The predicted molar refractivity (Wildman–Crippen MR) is 257 cm³/mol. The number of phenolic OH excluding ortho intramolecular Hbond substituents is 1. The number of fused-ring (bicyclic) bond motifs is 1. The van der Waals surface area contributed by atoms with Crippen molar-refractivity contribution in [1.82, 2.24) is 14.5 Å². The van der Waals surface area contributed by atoms with Gasteiger partial charge in [-0.1, -0.05) is 158 Å². The zero-order valence-electron chi connectivity index (χ0n) is 45.5. The molecule has 0 radical (unpaired) electrons. The Labute approximate surface area is 396 Å². The van der Waals surface area contributed by atoms with Crippen molar-refractivity contribution in [3.63, 3.8) is 0 Å². The zero-order chi connectivity index (χ0) is 50.9. The van der Waals surface area contributed by atoms with Crippen molar-refractivity contribution in [2.75, 3.05) is 0 Å². The Morgan fingerprint density at radius 3 is 2.05 bits per heavy atom. The zero-order valence-corrected chi connectivity index (χ0v) is 38.8. The number of aromatic nitrogens is 3. The number of aromatic hydroxyl groups is 1. The van der Waals surface area contributed by atoms with E-state index in [2.05, 4.69) is 101 Å². The van der Waals surface area contributed by atoms with E-state index in [0.717, 1.165) is 56.6 Å². The minimum atomic E-state index is -3.37. The third-order valence-electron chi connectivity index (χ3n) is 12.1. The summed E-state index contributed by atoms with van der Waals surface area (Å²) in [6, 6.07) is 44.4. The first kappa shape index (κ1) is 34.0. The number of hydrogen-bond donors (Lipinski definition) is 1. The molecule has 5 heteroatoms. The number of benzene rings is 6. The number of imidazole rings is 1. The van der Waals surface area contributed by atoms with Crippen LogP contribution in [0.1, 0.15) is 109 Å². The van der Waals surface area contributed by atoms with E-state index in [1.165, 1.54) is 17.7 Å². The average Bonchev–Trinajstić information content (AvgIpc) is 3.68. The fourth-order valence-electron chi connectivity index (χ4n) is 8.03.